The van der Waals surface area contributed by atoms with E-state index in [-0.39, 0.29) is 11.3 Å². The normalized spacial score (nSPS) is 11.9. The summed E-state index contributed by atoms with van der Waals surface area (Å²) in [6.07, 6.45) is -1.83. The Morgan fingerprint density at radius 2 is 1.69 bits per heavy atom. The Labute approximate surface area is 168 Å². The van der Waals surface area contributed by atoms with Crippen LogP contribution in [0.4, 0.5) is 20.6 Å². The lowest BCUT2D eigenvalue weighted by molar-refractivity contribution is -0.123. The number of carbonyl (C=O) groups is 3. The molecular formula is C21H23FN2O5. The number of para-hydroxylation sites is 1. The fraction of sp³-hybridized carbons (Fsp3) is 0.286. The van der Waals surface area contributed by atoms with Crippen LogP contribution in [0.25, 0.3) is 0 Å². The number of esters is 1. The van der Waals surface area contributed by atoms with Gasteiger partial charge in [-0.1, -0.05) is 18.2 Å². The maximum Gasteiger partial charge on any atom is 0.412 e. The van der Waals surface area contributed by atoms with Gasteiger partial charge in [0.15, 0.2) is 6.10 Å². The molecule has 0 aliphatic heterocycles. The van der Waals surface area contributed by atoms with E-state index < -0.39 is 35.5 Å². The topological polar surface area (TPSA) is 93.7 Å². The number of nitrogens with one attached hydrogen (secondary N) is 2. The minimum absolute atomic E-state index is 0.0102. The van der Waals surface area contributed by atoms with Crippen LogP contribution in [-0.4, -0.2) is 29.7 Å². The minimum atomic E-state index is -1.16. The van der Waals surface area contributed by atoms with Crippen molar-refractivity contribution in [3.8, 4) is 0 Å². The van der Waals surface area contributed by atoms with Gasteiger partial charge in [0.1, 0.15) is 11.4 Å². The van der Waals surface area contributed by atoms with Gasteiger partial charge in [-0.05, 0) is 58.0 Å². The molecule has 0 bridgehead atoms. The van der Waals surface area contributed by atoms with Crippen molar-refractivity contribution in [3.05, 3.63) is 59.9 Å². The van der Waals surface area contributed by atoms with E-state index in [1.54, 1.807) is 39.0 Å². The van der Waals surface area contributed by atoms with Crippen molar-refractivity contribution < 1.29 is 28.2 Å². The lowest BCUT2D eigenvalue weighted by atomic mass is 10.2. The highest BCUT2D eigenvalue weighted by atomic mass is 19.1. The Hall–Kier alpha value is -3.42. The zero-order valence-electron chi connectivity index (χ0n) is 16.6. The highest BCUT2D eigenvalue weighted by Gasteiger charge is 2.21. The van der Waals surface area contributed by atoms with E-state index in [2.05, 4.69) is 10.6 Å². The Balaban J connectivity index is 1.98. The number of carbonyl (C=O) groups excluding carboxylic acids is 3. The molecule has 0 aromatic heterocycles. The third kappa shape index (κ3) is 6.91. The molecule has 0 radical (unpaired) electrons. The van der Waals surface area contributed by atoms with Gasteiger partial charge in [-0.25, -0.2) is 14.0 Å². The van der Waals surface area contributed by atoms with Crippen LogP contribution < -0.4 is 10.6 Å². The van der Waals surface area contributed by atoms with Crippen LogP contribution in [-0.2, 0) is 14.3 Å². The van der Waals surface area contributed by atoms with Crippen LogP contribution in [0.3, 0.4) is 0 Å². The average Bonchev–Trinajstić information content (AvgIpc) is 2.62. The van der Waals surface area contributed by atoms with Gasteiger partial charge in [0.05, 0.1) is 11.3 Å². The van der Waals surface area contributed by atoms with Gasteiger partial charge < -0.3 is 14.8 Å². The van der Waals surface area contributed by atoms with E-state index in [1.807, 2.05) is 0 Å². The van der Waals surface area contributed by atoms with E-state index in [1.165, 1.54) is 37.3 Å². The summed E-state index contributed by atoms with van der Waals surface area (Å²) < 4.78 is 23.9. The first kappa shape index (κ1) is 21.9. The third-order valence-electron chi connectivity index (χ3n) is 3.53. The van der Waals surface area contributed by atoms with E-state index in [0.717, 1.165) is 0 Å². The molecule has 154 valence electrons. The molecule has 0 heterocycles. The SMILES string of the molecule is C[C@@H](OC(=O)c1cccc(NC(=O)OC(C)(C)C)c1)C(=O)Nc1ccccc1F. The molecule has 1 atom stereocenters. The molecule has 0 saturated carbocycles. The van der Waals surface area contributed by atoms with Crippen molar-refractivity contribution in [2.75, 3.05) is 10.6 Å². The summed E-state index contributed by atoms with van der Waals surface area (Å²) in [5, 5.41) is 4.88. The number of hydrogen-bond acceptors (Lipinski definition) is 5. The minimum Gasteiger partial charge on any atom is -0.449 e. The van der Waals surface area contributed by atoms with Crippen molar-refractivity contribution >= 4 is 29.3 Å². The van der Waals surface area contributed by atoms with Gasteiger partial charge in [-0.3, -0.25) is 10.1 Å². The van der Waals surface area contributed by atoms with Crippen LogP contribution in [0.5, 0.6) is 0 Å². The molecule has 7 nitrogen and oxygen atoms in total. The fourth-order valence-electron chi connectivity index (χ4n) is 2.22. The second-order valence-corrected chi connectivity index (χ2v) is 7.22. The van der Waals surface area contributed by atoms with Crippen molar-refractivity contribution in [2.45, 2.75) is 39.4 Å². The number of ether oxygens (including phenoxy) is 2. The molecule has 0 fully saturated rings. The molecular weight excluding hydrogens is 379 g/mol. The smallest absolute Gasteiger partial charge is 0.412 e. The summed E-state index contributed by atoms with van der Waals surface area (Å²) >= 11 is 0. The second-order valence-electron chi connectivity index (χ2n) is 7.22. The largest absolute Gasteiger partial charge is 0.449 e. The third-order valence-corrected chi connectivity index (χ3v) is 3.53. The van der Waals surface area contributed by atoms with E-state index in [9.17, 15) is 18.8 Å². The summed E-state index contributed by atoms with van der Waals surface area (Å²) in [6.45, 7) is 6.56. The van der Waals surface area contributed by atoms with Gasteiger partial charge in [0.25, 0.3) is 5.91 Å². The summed E-state index contributed by atoms with van der Waals surface area (Å²) in [4.78, 5) is 36.3. The molecule has 0 saturated heterocycles. The fourth-order valence-corrected chi connectivity index (χ4v) is 2.22. The molecule has 2 N–H and O–H groups in total. The van der Waals surface area contributed by atoms with E-state index in [4.69, 9.17) is 9.47 Å². The number of benzene rings is 2. The number of hydrogen-bond donors (Lipinski definition) is 2. The molecule has 2 aromatic rings. The molecule has 2 amide bonds. The van der Waals surface area contributed by atoms with Gasteiger partial charge in [-0.2, -0.15) is 0 Å². The molecule has 2 aromatic carbocycles. The number of anilines is 2. The molecule has 0 unspecified atom stereocenters. The van der Waals surface area contributed by atoms with Crippen LogP contribution >= 0.6 is 0 Å². The van der Waals surface area contributed by atoms with Crippen LogP contribution in [0.15, 0.2) is 48.5 Å². The molecule has 8 heteroatoms. The summed E-state index contributed by atoms with van der Waals surface area (Å²) in [7, 11) is 0. The molecule has 2 rings (SSSR count). The quantitative estimate of drug-likeness (QED) is 0.725. The highest BCUT2D eigenvalue weighted by Crippen LogP contribution is 2.16. The second kappa shape index (κ2) is 9.18. The maximum atomic E-state index is 13.6. The van der Waals surface area contributed by atoms with E-state index >= 15 is 0 Å². The first-order valence-electron chi connectivity index (χ1n) is 8.91. The number of amides is 2. The van der Waals surface area contributed by atoms with Crippen molar-refractivity contribution in [3.63, 3.8) is 0 Å². The lowest BCUT2D eigenvalue weighted by Gasteiger charge is -2.19. The molecule has 0 spiro atoms. The highest BCUT2D eigenvalue weighted by molar-refractivity contribution is 5.98. The summed E-state index contributed by atoms with van der Waals surface area (Å²) in [5.41, 5.74) is -0.216. The maximum absolute atomic E-state index is 13.6. The zero-order valence-corrected chi connectivity index (χ0v) is 16.6. The van der Waals surface area contributed by atoms with Crippen molar-refractivity contribution in [1.29, 1.82) is 0 Å². The zero-order chi connectivity index (χ0) is 21.6. The standard InChI is InChI=1S/C21H23FN2O5/c1-13(18(25)24-17-11-6-5-10-16(17)22)28-19(26)14-8-7-9-15(12-14)23-20(27)29-21(2,3)4/h5-13H,1-4H3,(H,23,27)(H,24,25)/t13-/m1/s1. The Bertz CT molecular complexity index is 908. The number of halogens is 1. The van der Waals surface area contributed by atoms with Gasteiger partial charge >= 0.3 is 12.1 Å². The predicted octanol–water partition coefficient (Wildman–Crippen LogP) is 4.36. The Morgan fingerprint density at radius 3 is 2.34 bits per heavy atom. The van der Waals surface area contributed by atoms with Gasteiger partial charge in [0.2, 0.25) is 0 Å². The van der Waals surface area contributed by atoms with Gasteiger partial charge in [0, 0.05) is 5.69 Å². The Morgan fingerprint density at radius 1 is 1.00 bits per heavy atom. The summed E-state index contributed by atoms with van der Waals surface area (Å²) in [5.74, 6) is -2.04. The van der Waals surface area contributed by atoms with Crippen molar-refractivity contribution in [1.82, 2.24) is 0 Å². The first-order chi connectivity index (χ1) is 13.5. The lowest BCUT2D eigenvalue weighted by Crippen LogP contribution is -2.30. The van der Waals surface area contributed by atoms with Crippen LogP contribution in [0.1, 0.15) is 38.1 Å². The molecule has 0 aliphatic rings. The predicted molar refractivity (Wildman–Crippen MR) is 106 cm³/mol. The number of rotatable bonds is 5. The van der Waals surface area contributed by atoms with Crippen molar-refractivity contribution in [2.24, 2.45) is 0 Å². The monoisotopic (exact) mass is 402 g/mol. The van der Waals surface area contributed by atoms with Gasteiger partial charge in [-0.15, -0.1) is 0 Å². The molecule has 0 aliphatic carbocycles. The van der Waals surface area contributed by atoms with Crippen LogP contribution in [0.2, 0.25) is 0 Å². The first-order valence-corrected chi connectivity index (χ1v) is 8.91. The summed E-state index contributed by atoms with van der Waals surface area (Å²) in [6, 6.07) is 11.7. The molecule has 29 heavy (non-hydrogen) atoms. The average molecular weight is 402 g/mol. The Kier molecular flexibility index (Phi) is 6.93. The van der Waals surface area contributed by atoms with Crippen LogP contribution in [0, 0.1) is 5.82 Å². The van der Waals surface area contributed by atoms with E-state index in [0.29, 0.717) is 5.69 Å².